The lowest BCUT2D eigenvalue weighted by atomic mass is 10.1. The third kappa shape index (κ3) is 3.50. The van der Waals surface area contributed by atoms with Crippen molar-refractivity contribution >= 4 is 17.3 Å². The van der Waals surface area contributed by atoms with Gasteiger partial charge in [-0.3, -0.25) is 4.79 Å². The zero-order valence-electron chi connectivity index (χ0n) is 14.3. The van der Waals surface area contributed by atoms with E-state index in [2.05, 4.69) is 34.7 Å². The molecular formula is C17H22N4O3. The molecule has 2 aromatic rings. The van der Waals surface area contributed by atoms with E-state index in [1.54, 1.807) is 6.92 Å². The molecule has 2 atom stereocenters. The van der Waals surface area contributed by atoms with Gasteiger partial charge in [0.25, 0.3) is 5.91 Å². The quantitative estimate of drug-likeness (QED) is 0.875. The fourth-order valence-electron chi connectivity index (χ4n) is 2.48. The number of nitrogens with one attached hydrogen (secondary N) is 2. The van der Waals surface area contributed by atoms with Crippen LogP contribution in [0.2, 0.25) is 0 Å². The van der Waals surface area contributed by atoms with Crippen molar-refractivity contribution in [3.63, 3.8) is 0 Å². The number of ether oxygens (including phenoxy) is 1. The van der Waals surface area contributed by atoms with Gasteiger partial charge in [0.1, 0.15) is 11.8 Å². The summed E-state index contributed by atoms with van der Waals surface area (Å²) in [6.45, 7) is 7.88. The normalized spacial score (nSPS) is 17.9. The second-order valence-corrected chi connectivity index (χ2v) is 6.46. The molecule has 0 fully saturated rings. The topological polar surface area (TPSA) is 89.3 Å². The number of aromatic nitrogens is 2. The van der Waals surface area contributed by atoms with Gasteiger partial charge >= 0.3 is 0 Å². The number of anilines is 2. The summed E-state index contributed by atoms with van der Waals surface area (Å²) in [6, 6.07) is 5.42. The number of benzene rings is 1. The van der Waals surface area contributed by atoms with E-state index in [0.29, 0.717) is 29.1 Å². The fraction of sp³-hybridized carbons (Fsp3) is 0.471. The van der Waals surface area contributed by atoms with Gasteiger partial charge in [-0.05, 0) is 38.0 Å². The van der Waals surface area contributed by atoms with Crippen molar-refractivity contribution in [2.75, 3.05) is 10.6 Å². The molecule has 7 heteroatoms. The standard InChI is InChI=1S/C17H22N4O3/c1-9(2)7-15-20-21-17(24-15)10(3)18-12-5-6-14-13(8-12)19-16(22)11(4)23-14/h5-6,8-11,18H,7H2,1-4H3,(H,19,22)/t10-,11-/m1/s1. The number of carbonyl (C=O) groups is 1. The van der Waals surface area contributed by atoms with Gasteiger partial charge in [-0.1, -0.05) is 13.8 Å². The van der Waals surface area contributed by atoms with E-state index < -0.39 is 6.10 Å². The number of nitrogens with zero attached hydrogens (tertiary/aromatic N) is 2. The molecule has 0 aliphatic carbocycles. The van der Waals surface area contributed by atoms with Crippen LogP contribution in [0.4, 0.5) is 11.4 Å². The van der Waals surface area contributed by atoms with Gasteiger partial charge in [-0.25, -0.2) is 0 Å². The van der Waals surface area contributed by atoms with Crippen molar-refractivity contribution in [1.82, 2.24) is 10.2 Å². The van der Waals surface area contributed by atoms with Gasteiger partial charge in [0.2, 0.25) is 11.8 Å². The van der Waals surface area contributed by atoms with Crippen LogP contribution < -0.4 is 15.4 Å². The highest BCUT2D eigenvalue weighted by Gasteiger charge is 2.24. The number of carbonyl (C=O) groups excluding carboxylic acids is 1. The Bertz CT molecular complexity index is 741. The Balaban J connectivity index is 1.71. The van der Waals surface area contributed by atoms with Crippen molar-refractivity contribution in [2.24, 2.45) is 5.92 Å². The Morgan fingerprint density at radius 2 is 2.08 bits per heavy atom. The number of amides is 1. The van der Waals surface area contributed by atoms with Crippen LogP contribution >= 0.6 is 0 Å². The summed E-state index contributed by atoms with van der Waals surface area (Å²) in [5.74, 6) is 2.17. The second kappa shape index (κ2) is 6.51. The summed E-state index contributed by atoms with van der Waals surface area (Å²) in [4.78, 5) is 11.7. The van der Waals surface area contributed by atoms with Gasteiger partial charge < -0.3 is 19.8 Å². The molecule has 1 aliphatic rings. The van der Waals surface area contributed by atoms with Crippen LogP contribution in [0.25, 0.3) is 0 Å². The van der Waals surface area contributed by atoms with E-state index >= 15 is 0 Å². The van der Waals surface area contributed by atoms with Crippen LogP contribution in [-0.2, 0) is 11.2 Å². The van der Waals surface area contributed by atoms with Gasteiger partial charge in [-0.2, -0.15) is 0 Å². The van der Waals surface area contributed by atoms with Crippen molar-refractivity contribution in [1.29, 1.82) is 0 Å². The Morgan fingerprint density at radius 1 is 1.29 bits per heavy atom. The van der Waals surface area contributed by atoms with Gasteiger partial charge in [-0.15, -0.1) is 10.2 Å². The number of hydrogen-bond donors (Lipinski definition) is 2. The van der Waals surface area contributed by atoms with Crippen molar-refractivity contribution in [3.8, 4) is 5.75 Å². The molecule has 128 valence electrons. The monoisotopic (exact) mass is 330 g/mol. The van der Waals surface area contributed by atoms with E-state index in [0.717, 1.165) is 12.1 Å². The summed E-state index contributed by atoms with van der Waals surface area (Å²) >= 11 is 0. The molecule has 0 unspecified atom stereocenters. The zero-order valence-corrected chi connectivity index (χ0v) is 14.3. The van der Waals surface area contributed by atoms with Crippen LogP contribution in [-0.4, -0.2) is 22.2 Å². The summed E-state index contributed by atoms with van der Waals surface area (Å²) in [5, 5.41) is 14.3. The largest absolute Gasteiger partial charge is 0.479 e. The summed E-state index contributed by atoms with van der Waals surface area (Å²) in [7, 11) is 0. The molecule has 0 radical (unpaired) electrons. The minimum absolute atomic E-state index is 0.143. The van der Waals surface area contributed by atoms with E-state index in [-0.39, 0.29) is 11.9 Å². The van der Waals surface area contributed by atoms with E-state index in [9.17, 15) is 4.79 Å². The highest BCUT2D eigenvalue weighted by atomic mass is 16.5. The minimum atomic E-state index is -0.479. The van der Waals surface area contributed by atoms with Crippen molar-refractivity contribution < 1.29 is 13.9 Å². The van der Waals surface area contributed by atoms with Crippen LogP contribution in [0.15, 0.2) is 22.6 Å². The van der Waals surface area contributed by atoms with Crippen LogP contribution in [0.3, 0.4) is 0 Å². The lowest BCUT2D eigenvalue weighted by Crippen LogP contribution is -2.34. The maximum absolute atomic E-state index is 11.7. The van der Waals surface area contributed by atoms with Crippen LogP contribution in [0, 0.1) is 5.92 Å². The maximum atomic E-state index is 11.7. The Labute approximate surface area is 140 Å². The maximum Gasteiger partial charge on any atom is 0.265 e. The third-order valence-electron chi connectivity index (χ3n) is 3.73. The van der Waals surface area contributed by atoms with Crippen LogP contribution in [0.5, 0.6) is 5.75 Å². The van der Waals surface area contributed by atoms with Crippen molar-refractivity contribution in [3.05, 3.63) is 30.0 Å². The predicted molar refractivity (Wildman–Crippen MR) is 90.0 cm³/mol. The molecule has 0 saturated carbocycles. The molecule has 2 N–H and O–H groups in total. The Hall–Kier alpha value is -2.57. The highest BCUT2D eigenvalue weighted by molar-refractivity contribution is 5.98. The summed E-state index contributed by atoms with van der Waals surface area (Å²) in [6.07, 6.45) is 0.285. The molecule has 7 nitrogen and oxygen atoms in total. The average Bonchev–Trinajstić information content (AvgIpc) is 2.96. The SMILES string of the molecule is CC(C)Cc1nnc([C@@H](C)Nc2ccc3c(c2)NC(=O)[C@@H](C)O3)o1. The Kier molecular flexibility index (Phi) is 4.42. The van der Waals surface area contributed by atoms with Crippen LogP contribution in [0.1, 0.15) is 45.5 Å². The lowest BCUT2D eigenvalue weighted by molar-refractivity contribution is -0.122. The molecular weight excluding hydrogens is 308 g/mol. The number of rotatable bonds is 5. The van der Waals surface area contributed by atoms with Crippen molar-refractivity contribution in [2.45, 2.75) is 46.3 Å². The first-order chi connectivity index (χ1) is 11.4. The molecule has 1 aliphatic heterocycles. The Morgan fingerprint density at radius 3 is 2.83 bits per heavy atom. The predicted octanol–water partition coefficient (Wildman–Crippen LogP) is 3.16. The molecule has 0 saturated heterocycles. The molecule has 2 heterocycles. The first-order valence-corrected chi connectivity index (χ1v) is 8.12. The first-order valence-electron chi connectivity index (χ1n) is 8.12. The number of fused-ring (bicyclic) bond motifs is 1. The molecule has 1 amide bonds. The average molecular weight is 330 g/mol. The molecule has 0 spiro atoms. The molecule has 0 bridgehead atoms. The second-order valence-electron chi connectivity index (χ2n) is 6.46. The van der Waals surface area contributed by atoms with E-state index in [1.807, 2.05) is 25.1 Å². The summed E-state index contributed by atoms with van der Waals surface area (Å²) in [5.41, 5.74) is 1.49. The van der Waals surface area contributed by atoms with E-state index in [1.165, 1.54) is 0 Å². The smallest absolute Gasteiger partial charge is 0.265 e. The first kappa shape index (κ1) is 16.3. The highest BCUT2D eigenvalue weighted by Crippen LogP contribution is 2.33. The minimum Gasteiger partial charge on any atom is -0.479 e. The third-order valence-corrected chi connectivity index (χ3v) is 3.73. The zero-order chi connectivity index (χ0) is 17.3. The van der Waals surface area contributed by atoms with Gasteiger partial charge in [0.15, 0.2) is 6.10 Å². The molecule has 24 heavy (non-hydrogen) atoms. The lowest BCUT2D eigenvalue weighted by Gasteiger charge is -2.24. The van der Waals surface area contributed by atoms with E-state index in [4.69, 9.17) is 9.15 Å². The molecule has 1 aromatic carbocycles. The molecule has 1 aromatic heterocycles. The van der Waals surface area contributed by atoms with Gasteiger partial charge in [0, 0.05) is 12.1 Å². The number of hydrogen-bond acceptors (Lipinski definition) is 6. The fourth-order valence-corrected chi connectivity index (χ4v) is 2.48. The summed E-state index contributed by atoms with van der Waals surface area (Å²) < 4.78 is 11.2. The molecule has 3 rings (SSSR count). The van der Waals surface area contributed by atoms with Gasteiger partial charge in [0.05, 0.1) is 5.69 Å².